The summed E-state index contributed by atoms with van der Waals surface area (Å²) in [7, 11) is 0. The second kappa shape index (κ2) is 13.7. The maximum atomic E-state index is 2.40. The number of anilines is 3. The largest absolute Gasteiger partial charge is 0.310 e. The smallest absolute Gasteiger partial charge is 0.0540 e. The van der Waals surface area contributed by atoms with Gasteiger partial charge in [-0.3, -0.25) is 0 Å². The van der Waals surface area contributed by atoms with Gasteiger partial charge in [-0.25, -0.2) is 0 Å². The first-order valence-corrected chi connectivity index (χ1v) is 19.2. The summed E-state index contributed by atoms with van der Waals surface area (Å²) in [6, 6.07) is 77.1. The molecule has 0 aliphatic heterocycles. The molecule has 0 saturated heterocycles. The second-order valence-electron chi connectivity index (χ2n) is 13.7. The summed E-state index contributed by atoms with van der Waals surface area (Å²) in [6.45, 7) is 0. The van der Waals surface area contributed by atoms with Crippen LogP contribution < -0.4 is 4.90 Å². The molecule has 0 N–H and O–H groups in total. The standard InChI is InChI=1S/C52H35NS/c1-3-12-36(13-4-1)38-22-27-43(28-23-38)53(44-29-24-39(25-30-44)41-17-11-16-40(34-41)37-14-5-2-6-15-37)50-32-31-45(46-18-7-8-19-47(46)50)42-26-33-52-49(35-42)48-20-9-10-21-51(48)54-52/h1-35H. The molecule has 1 heterocycles. The number of nitrogens with zero attached hydrogens (tertiary/aromatic N) is 1. The lowest BCUT2D eigenvalue weighted by atomic mass is 9.95. The van der Waals surface area contributed by atoms with E-state index in [2.05, 4.69) is 217 Å². The van der Waals surface area contributed by atoms with Crippen LogP contribution in [-0.4, -0.2) is 0 Å². The fourth-order valence-corrected chi connectivity index (χ4v) is 8.88. The fraction of sp³-hybridized carbons (Fsp3) is 0. The van der Waals surface area contributed by atoms with Crippen LogP contribution in [0.3, 0.4) is 0 Å². The molecule has 9 aromatic carbocycles. The highest BCUT2D eigenvalue weighted by Crippen LogP contribution is 2.44. The van der Waals surface area contributed by atoms with E-state index in [4.69, 9.17) is 0 Å². The molecule has 0 amide bonds. The molecule has 10 rings (SSSR count). The van der Waals surface area contributed by atoms with Gasteiger partial charge in [0.25, 0.3) is 0 Å². The number of fused-ring (bicyclic) bond motifs is 4. The van der Waals surface area contributed by atoms with Gasteiger partial charge in [0.1, 0.15) is 0 Å². The van der Waals surface area contributed by atoms with Crippen molar-refractivity contribution < 1.29 is 0 Å². The van der Waals surface area contributed by atoms with Crippen LogP contribution in [-0.2, 0) is 0 Å². The van der Waals surface area contributed by atoms with Crippen LogP contribution in [0.2, 0.25) is 0 Å². The van der Waals surface area contributed by atoms with Crippen LogP contribution in [0.5, 0.6) is 0 Å². The van der Waals surface area contributed by atoms with Gasteiger partial charge in [0.2, 0.25) is 0 Å². The predicted octanol–water partition coefficient (Wildman–Crippen LogP) is 15.3. The third-order valence-electron chi connectivity index (χ3n) is 10.5. The van der Waals surface area contributed by atoms with E-state index in [9.17, 15) is 0 Å². The zero-order valence-electron chi connectivity index (χ0n) is 29.6. The first kappa shape index (κ1) is 32.0. The number of hydrogen-bond donors (Lipinski definition) is 0. The van der Waals surface area contributed by atoms with E-state index in [0.29, 0.717) is 0 Å². The van der Waals surface area contributed by atoms with Gasteiger partial charge in [0.15, 0.2) is 0 Å². The summed E-state index contributed by atoms with van der Waals surface area (Å²) < 4.78 is 2.65. The van der Waals surface area contributed by atoms with Crippen LogP contribution in [0, 0.1) is 0 Å². The van der Waals surface area contributed by atoms with Gasteiger partial charge in [-0.05, 0) is 104 Å². The Balaban J connectivity index is 1.09. The van der Waals surface area contributed by atoms with E-state index in [0.717, 1.165) is 17.1 Å². The minimum absolute atomic E-state index is 1.11. The van der Waals surface area contributed by atoms with E-state index >= 15 is 0 Å². The molecule has 1 nitrogen and oxygen atoms in total. The first-order chi connectivity index (χ1) is 26.8. The summed E-state index contributed by atoms with van der Waals surface area (Å²) >= 11 is 1.86. The van der Waals surface area contributed by atoms with Gasteiger partial charge in [-0.15, -0.1) is 11.3 Å². The monoisotopic (exact) mass is 705 g/mol. The molecule has 0 aliphatic rings. The number of rotatable bonds is 7. The number of thiophene rings is 1. The SMILES string of the molecule is c1ccc(-c2ccc(N(c3ccc(-c4cccc(-c5ccccc5)c4)cc3)c3ccc(-c4ccc5sc6ccccc6c5c4)c4ccccc34)cc2)cc1. The molecule has 10 aromatic rings. The Labute approximate surface area is 319 Å². The van der Waals surface area contributed by atoms with Gasteiger partial charge < -0.3 is 4.90 Å². The van der Waals surface area contributed by atoms with Crippen LogP contribution in [0.1, 0.15) is 0 Å². The summed E-state index contributed by atoms with van der Waals surface area (Å²) in [4.78, 5) is 2.40. The lowest BCUT2D eigenvalue weighted by Crippen LogP contribution is -2.10. The normalized spacial score (nSPS) is 11.3. The molecule has 0 unspecified atom stereocenters. The Kier molecular flexibility index (Phi) is 8.09. The van der Waals surface area contributed by atoms with Gasteiger partial charge in [0.05, 0.1) is 5.69 Å². The second-order valence-corrected chi connectivity index (χ2v) is 14.8. The molecule has 0 atom stereocenters. The van der Waals surface area contributed by atoms with Crippen molar-refractivity contribution in [2.75, 3.05) is 4.90 Å². The lowest BCUT2D eigenvalue weighted by molar-refractivity contribution is 1.30. The van der Waals surface area contributed by atoms with Crippen LogP contribution in [0.15, 0.2) is 212 Å². The number of benzene rings is 9. The Hall–Kier alpha value is -6.74. The van der Waals surface area contributed by atoms with E-state index in [1.54, 1.807) is 0 Å². The topological polar surface area (TPSA) is 3.24 Å². The van der Waals surface area contributed by atoms with Crippen molar-refractivity contribution in [3.05, 3.63) is 212 Å². The summed E-state index contributed by atoms with van der Waals surface area (Å²) in [5.74, 6) is 0. The minimum Gasteiger partial charge on any atom is -0.310 e. The first-order valence-electron chi connectivity index (χ1n) is 18.4. The van der Waals surface area contributed by atoms with Crippen molar-refractivity contribution in [1.29, 1.82) is 0 Å². The van der Waals surface area contributed by atoms with Crippen molar-refractivity contribution in [3.63, 3.8) is 0 Å². The Morgan fingerprint density at radius 2 is 0.759 bits per heavy atom. The van der Waals surface area contributed by atoms with Gasteiger partial charge in [0, 0.05) is 36.9 Å². The zero-order valence-corrected chi connectivity index (χ0v) is 30.4. The van der Waals surface area contributed by atoms with Crippen molar-refractivity contribution >= 4 is 59.3 Å². The average molecular weight is 706 g/mol. The van der Waals surface area contributed by atoms with E-state index in [-0.39, 0.29) is 0 Å². The lowest BCUT2D eigenvalue weighted by Gasteiger charge is -2.28. The Bertz CT molecular complexity index is 2910. The summed E-state index contributed by atoms with van der Waals surface area (Å²) in [6.07, 6.45) is 0. The zero-order chi connectivity index (χ0) is 35.8. The molecule has 254 valence electrons. The highest BCUT2D eigenvalue weighted by atomic mass is 32.1. The highest BCUT2D eigenvalue weighted by molar-refractivity contribution is 7.25. The Morgan fingerprint density at radius 3 is 1.43 bits per heavy atom. The molecule has 54 heavy (non-hydrogen) atoms. The van der Waals surface area contributed by atoms with Gasteiger partial charge >= 0.3 is 0 Å². The molecule has 0 aliphatic carbocycles. The maximum absolute atomic E-state index is 2.40. The molecule has 2 heteroatoms. The van der Waals surface area contributed by atoms with Crippen molar-refractivity contribution in [1.82, 2.24) is 0 Å². The highest BCUT2D eigenvalue weighted by Gasteiger charge is 2.18. The third kappa shape index (κ3) is 5.84. The fourth-order valence-electron chi connectivity index (χ4n) is 7.80. The molecular formula is C52H35NS. The Morgan fingerprint density at radius 1 is 0.278 bits per heavy atom. The molecule has 0 fully saturated rings. The van der Waals surface area contributed by atoms with E-state index < -0.39 is 0 Å². The van der Waals surface area contributed by atoms with Crippen LogP contribution in [0.25, 0.3) is 75.5 Å². The van der Waals surface area contributed by atoms with Crippen molar-refractivity contribution in [2.45, 2.75) is 0 Å². The van der Waals surface area contributed by atoms with Crippen molar-refractivity contribution in [3.8, 4) is 44.5 Å². The summed E-state index contributed by atoms with van der Waals surface area (Å²) in [5, 5.41) is 5.07. The molecule has 0 saturated carbocycles. The van der Waals surface area contributed by atoms with Gasteiger partial charge in [-0.2, -0.15) is 0 Å². The van der Waals surface area contributed by atoms with E-state index in [1.807, 2.05) is 11.3 Å². The maximum Gasteiger partial charge on any atom is 0.0540 e. The van der Waals surface area contributed by atoms with Gasteiger partial charge in [-0.1, -0.05) is 158 Å². The molecule has 0 radical (unpaired) electrons. The van der Waals surface area contributed by atoms with Crippen LogP contribution in [0.4, 0.5) is 17.1 Å². The summed E-state index contributed by atoms with van der Waals surface area (Å²) in [5.41, 5.74) is 13.1. The quantitative estimate of drug-likeness (QED) is 0.160. The van der Waals surface area contributed by atoms with E-state index in [1.165, 1.54) is 75.5 Å². The van der Waals surface area contributed by atoms with Crippen LogP contribution >= 0.6 is 11.3 Å². The minimum atomic E-state index is 1.11. The number of hydrogen-bond acceptors (Lipinski definition) is 2. The average Bonchev–Trinajstić information content (AvgIpc) is 3.63. The molecule has 1 aromatic heterocycles. The predicted molar refractivity (Wildman–Crippen MR) is 233 cm³/mol. The molecule has 0 bridgehead atoms. The third-order valence-corrected chi connectivity index (χ3v) is 11.6. The molecule has 0 spiro atoms. The molecular weight excluding hydrogens is 671 g/mol. The van der Waals surface area contributed by atoms with Crippen molar-refractivity contribution in [2.24, 2.45) is 0 Å².